The van der Waals surface area contributed by atoms with Crippen molar-refractivity contribution in [2.75, 3.05) is 0 Å². The molecule has 1 aromatic heterocycles. The molecular formula is C12H15N3. The molecule has 0 aromatic carbocycles. The Hall–Kier alpha value is -1.51. The summed E-state index contributed by atoms with van der Waals surface area (Å²) in [6, 6.07) is 0. The summed E-state index contributed by atoms with van der Waals surface area (Å²) in [6.45, 7) is 6.55. The molecule has 1 aromatic rings. The van der Waals surface area contributed by atoms with E-state index < -0.39 is 0 Å². The topological polar surface area (TPSA) is 38.1 Å². The monoisotopic (exact) mass is 201 g/mol. The molecule has 0 spiro atoms. The van der Waals surface area contributed by atoms with Crippen LogP contribution in [0.2, 0.25) is 0 Å². The van der Waals surface area contributed by atoms with Crippen LogP contribution in [0.15, 0.2) is 23.5 Å². The summed E-state index contributed by atoms with van der Waals surface area (Å²) in [5, 5.41) is 0. The highest BCUT2D eigenvalue weighted by Gasteiger charge is 2.24. The molecule has 1 atom stereocenters. The molecule has 0 radical (unpaired) electrons. The van der Waals surface area contributed by atoms with Gasteiger partial charge in [0.15, 0.2) is 5.82 Å². The Balaban J connectivity index is 2.46. The fraction of sp³-hybridized carbons (Fsp3) is 0.417. The molecule has 78 valence electrons. The van der Waals surface area contributed by atoms with Crippen molar-refractivity contribution in [2.24, 2.45) is 16.3 Å². The highest BCUT2D eigenvalue weighted by Crippen LogP contribution is 2.31. The van der Waals surface area contributed by atoms with Gasteiger partial charge < -0.3 is 0 Å². The van der Waals surface area contributed by atoms with Crippen LogP contribution in [0.4, 0.5) is 5.82 Å². The van der Waals surface area contributed by atoms with Gasteiger partial charge in [-0.25, -0.2) is 9.98 Å². The Bertz CT molecular complexity index is 386. The largest absolute Gasteiger partial charge is 0.251 e. The van der Waals surface area contributed by atoms with Crippen molar-refractivity contribution in [3.8, 4) is 0 Å². The molecule has 0 fully saturated rings. The smallest absolute Gasteiger partial charge is 0.177 e. The standard InChI is InChI=1S/C12H15N3/c1-9(2)12(3)5-4-10-11(15-8-12)14-7-6-13-10/h4-9H,1-3H3. The van der Waals surface area contributed by atoms with E-state index >= 15 is 0 Å². The number of nitrogens with zero attached hydrogens (tertiary/aromatic N) is 3. The summed E-state index contributed by atoms with van der Waals surface area (Å²) >= 11 is 0. The van der Waals surface area contributed by atoms with Crippen molar-refractivity contribution in [2.45, 2.75) is 20.8 Å². The molecule has 0 N–H and O–H groups in total. The van der Waals surface area contributed by atoms with Gasteiger partial charge in [0, 0.05) is 24.0 Å². The maximum atomic E-state index is 4.40. The van der Waals surface area contributed by atoms with E-state index in [4.69, 9.17) is 0 Å². The summed E-state index contributed by atoms with van der Waals surface area (Å²) < 4.78 is 0. The number of fused-ring (bicyclic) bond motifs is 1. The number of allylic oxidation sites excluding steroid dienone is 1. The van der Waals surface area contributed by atoms with E-state index in [1.54, 1.807) is 12.4 Å². The van der Waals surface area contributed by atoms with Gasteiger partial charge in [0.1, 0.15) is 5.69 Å². The van der Waals surface area contributed by atoms with Gasteiger partial charge in [-0.15, -0.1) is 0 Å². The van der Waals surface area contributed by atoms with Gasteiger partial charge >= 0.3 is 0 Å². The van der Waals surface area contributed by atoms with Crippen LogP contribution in [0.25, 0.3) is 6.08 Å². The third kappa shape index (κ3) is 1.82. The van der Waals surface area contributed by atoms with Crippen molar-refractivity contribution < 1.29 is 0 Å². The second-order valence-corrected chi connectivity index (χ2v) is 4.38. The quantitative estimate of drug-likeness (QED) is 0.700. The van der Waals surface area contributed by atoms with Crippen LogP contribution in [-0.4, -0.2) is 16.2 Å². The van der Waals surface area contributed by atoms with Gasteiger partial charge in [-0.1, -0.05) is 26.8 Å². The van der Waals surface area contributed by atoms with E-state index in [0.29, 0.717) is 11.7 Å². The Labute approximate surface area is 90.0 Å². The van der Waals surface area contributed by atoms with Crippen molar-refractivity contribution >= 4 is 18.1 Å². The first-order chi connectivity index (χ1) is 7.12. The lowest BCUT2D eigenvalue weighted by Crippen LogP contribution is -2.21. The second-order valence-electron chi connectivity index (χ2n) is 4.38. The fourth-order valence-corrected chi connectivity index (χ4v) is 1.40. The second kappa shape index (κ2) is 3.57. The first-order valence-corrected chi connectivity index (χ1v) is 5.17. The predicted molar refractivity (Wildman–Crippen MR) is 62.2 cm³/mol. The number of rotatable bonds is 1. The zero-order chi connectivity index (χ0) is 10.9. The van der Waals surface area contributed by atoms with Gasteiger partial charge in [0.2, 0.25) is 0 Å². The van der Waals surface area contributed by atoms with Crippen molar-refractivity contribution in [3.63, 3.8) is 0 Å². The van der Waals surface area contributed by atoms with Gasteiger partial charge in [0.05, 0.1) is 0 Å². The summed E-state index contributed by atoms with van der Waals surface area (Å²) in [5.41, 5.74) is 0.834. The zero-order valence-corrected chi connectivity index (χ0v) is 9.31. The van der Waals surface area contributed by atoms with Gasteiger partial charge in [0.25, 0.3) is 0 Å². The average Bonchev–Trinajstić information content (AvgIpc) is 2.40. The minimum atomic E-state index is -0.0115. The molecule has 0 saturated heterocycles. The molecule has 0 bridgehead atoms. The van der Waals surface area contributed by atoms with Crippen LogP contribution < -0.4 is 0 Å². The van der Waals surface area contributed by atoms with Crippen molar-refractivity contribution in [1.29, 1.82) is 0 Å². The molecule has 3 heteroatoms. The van der Waals surface area contributed by atoms with Gasteiger partial charge in [-0.3, -0.25) is 4.98 Å². The highest BCUT2D eigenvalue weighted by molar-refractivity contribution is 5.77. The van der Waals surface area contributed by atoms with E-state index in [2.05, 4.69) is 41.8 Å². The van der Waals surface area contributed by atoms with Crippen LogP contribution in [0.5, 0.6) is 0 Å². The maximum absolute atomic E-state index is 4.40. The zero-order valence-electron chi connectivity index (χ0n) is 9.31. The summed E-state index contributed by atoms with van der Waals surface area (Å²) in [6.07, 6.45) is 9.49. The normalized spacial score (nSPS) is 24.0. The van der Waals surface area contributed by atoms with Crippen molar-refractivity contribution in [1.82, 2.24) is 9.97 Å². The maximum Gasteiger partial charge on any atom is 0.177 e. The molecule has 0 amide bonds. The average molecular weight is 201 g/mol. The van der Waals surface area contributed by atoms with Gasteiger partial charge in [-0.05, 0) is 12.0 Å². The molecule has 1 unspecified atom stereocenters. The van der Waals surface area contributed by atoms with Crippen LogP contribution >= 0.6 is 0 Å². The lowest BCUT2D eigenvalue weighted by molar-refractivity contribution is 0.426. The highest BCUT2D eigenvalue weighted by atomic mass is 14.9. The molecule has 0 saturated carbocycles. The van der Waals surface area contributed by atoms with E-state index in [0.717, 1.165) is 5.69 Å². The van der Waals surface area contributed by atoms with E-state index in [-0.39, 0.29) is 5.41 Å². The molecular weight excluding hydrogens is 186 g/mol. The molecule has 2 rings (SSSR count). The number of hydrogen-bond donors (Lipinski definition) is 0. The minimum Gasteiger partial charge on any atom is -0.251 e. The molecule has 15 heavy (non-hydrogen) atoms. The van der Waals surface area contributed by atoms with E-state index in [1.807, 2.05) is 12.3 Å². The molecule has 0 aliphatic carbocycles. The Morgan fingerprint density at radius 3 is 2.67 bits per heavy atom. The number of aliphatic imine (C=N–C) groups is 1. The predicted octanol–water partition coefficient (Wildman–Crippen LogP) is 2.87. The van der Waals surface area contributed by atoms with Crippen LogP contribution in [0, 0.1) is 11.3 Å². The van der Waals surface area contributed by atoms with Crippen LogP contribution in [0.1, 0.15) is 26.5 Å². The summed E-state index contributed by atoms with van der Waals surface area (Å²) in [5.74, 6) is 1.21. The SMILES string of the molecule is CC(C)C1(C)C=Cc2nccnc2N=C1. The number of aromatic nitrogens is 2. The third-order valence-electron chi connectivity index (χ3n) is 3.02. The number of hydrogen-bond acceptors (Lipinski definition) is 3. The lowest BCUT2D eigenvalue weighted by atomic mass is 9.80. The van der Waals surface area contributed by atoms with E-state index in [9.17, 15) is 0 Å². The van der Waals surface area contributed by atoms with E-state index in [1.165, 1.54) is 0 Å². The summed E-state index contributed by atoms with van der Waals surface area (Å²) in [4.78, 5) is 12.8. The lowest BCUT2D eigenvalue weighted by Gasteiger charge is -2.24. The van der Waals surface area contributed by atoms with Crippen LogP contribution in [-0.2, 0) is 0 Å². The Kier molecular flexibility index (Phi) is 2.39. The first-order valence-electron chi connectivity index (χ1n) is 5.17. The molecule has 2 heterocycles. The Morgan fingerprint density at radius 1 is 1.20 bits per heavy atom. The van der Waals surface area contributed by atoms with Crippen LogP contribution in [0.3, 0.4) is 0 Å². The Morgan fingerprint density at radius 2 is 1.93 bits per heavy atom. The van der Waals surface area contributed by atoms with Gasteiger partial charge in [-0.2, -0.15) is 0 Å². The minimum absolute atomic E-state index is 0.0115. The summed E-state index contributed by atoms with van der Waals surface area (Å²) in [7, 11) is 0. The fourth-order valence-electron chi connectivity index (χ4n) is 1.40. The van der Waals surface area contributed by atoms with Crippen molar-refractivity contribution in [3.05, 3.63) is 24.2 Å². The molecule has 1 aliphatic rings. The molecule has 3 nitrogen and oxygen atoms in total. The third-order valence-corrected chi connectivity index (χ3v) is 3.02. The molecule has 1 aliphatic heterocycles. The first kappa shape index (κ1) is 10.0.